The van der Waals surface area contributed by atoms with Crippen LogP contribution in [0.4, 0.5) is 0 Å². The van der Waals surface area contributed by atoms with Gasteiger partial charge in [-0.05, 0) is 35.3 Å². The second-order valence-corrected chi connectivity index (χ2v) is 5.21. The predicted molar refractivity (Wildman–Crippen MR) is 85.1 cm³/mol. The fourth-order valence-corrected chi connectivity index (χ4v) is 2.00. The molecule has 0 atom stereocenters. The Balaban J connectivity index is 2.13. The van der Waals surface area contributed by atoms with Crippen LogP contribution < -0.4 is 0 Å². The Hall–Kier alpha value is -2.66. The third-order valence-corrected chi connectivity index (χ3v) is 3.31. The summed E-state index contributed by atoms with van der Waals surface area (Å²) in [6.45, 7) is 4.30. The average Bonchev–Trinajstić information content (AvgIpc) is 2.53. The fraction of sp³-hybridized carbons (Fsp3) is 0.158. The average molecular weight is 275 g/mol. The molecule has 104 valence electrons. The zero-order chi connectivity index (χ0) is 15.2. The van der Waals surface area contributed by atoms with Crippen LogP contribution in [0.2, 0.25) is 0 Å². The van der Waals surface area contributed by atoms with Gasteiger partial charge in [0, 0.05) is 5.56 Å². The van der Waals surface area contributed by atoms with Gasteiger partial charge in [-0.25, -0.2) is 0 Å². The lowest BCUT2D eigenvalue weighted by Crippen LogP contribution is -1.94. The van der Waals surface area contributed by atoms with Crippen molar-refractivity contribution in [2.75, 3.05) is 0 Å². The van der Waals surface area contributed by atoms with Crippen LogP contribution >= 0.6 is 0 Å². The van der Waals surface area contributed by atoms with E-state index in [2.05, 4.69) is 26.0 Å². The van der Waals surface area contributed by atoms with Crippen molar-refractivity contribution >= 4 is 11.9 Å². The Labute approximate surface area is 125 Å². The number of allylic oxidation sites excluding steroid dienone is 1. The molecule has 0 radical (unpaired) electrons. The summed E-state index contributed by atoms with van der Waals surface area (Å²) in [5, 5.41) is 8.84. The van der Waals surface area contributed by atoms with Crippen molar-refractivity contribution in [2.45, 2.75) is 19.8 Å². The van der Waals surface area contributed by atoms with Crippen LogP contribution in [0.3, 0.4) is 0 Å². The first-order valence-corrected chi connectivity index (χ1v) is 6.92. The maximum Gasteiger partial charge on any atom is 0.185 e. The van der Waals surface area contributed by atoms with Crippen molar-refractivity contribution in [1.29, 1.82) is 5.26 Å². The smallest absolute Gasteiger partial charge is 0.185 e. The number of hydrogen-bond acceptors (Lipinski definition) is 2. The topological polar surface area (TPSA) is 40.9 Å². The van der Waals surface area contributed by atoms with Crippen molar-refractivity contribution in [3.63, 3.8) is 0 Å². The van der Waals surface area contributed by atoms with Crippen molar-refractivity contribution in [1.82, 2.24) is 0 Å². The summed E-state index contributed by atoms with van der Waals surface area (Å²) in [6.07, 6.45) is 3.34. The van der Waals surface area contributed by atoms with Crippen molar-refractivity contribution in [3.8, 4) is 6.07 Å². The second kappa shape index (κ2) is 6.67. The molecular formula is C19H17NO. The van der Waals surface area contributed by atoms with E-state index >= 15 is 0 Å². The molecule has 2 aromatic carbocycles. The highest BCUT2D eigenvalue weighted by molar-refractivity contribution is 6.06. The first-order valence-electron chi connectivity index (χ1n) is 6.92. The van der Waals surface area contributed by atoms with Crippen LogP contribution in [-0.4, -0.2) is 5.78 Å². The van der Waals surface area contributed by atoms with E-state index in [-0.39, 0.29) is 5.78 Å². The van der Waals surface area contributed by atoms with Crippen LogP contribution in [-0.2, 0) is 0 Å². The van der Waals surface area contributed by atoms with Gasteiger partial charge in [-0.3, -0.25) is 4.79 Å². The Bertz CT molecular complexity index is 703. The summed E-state index contributed by atoms with van der Waals surface area (Å²) < 4.78 is 0. The van der Waals surface area contributed by atoms with Crippen LogP contribution in [0.5, 0.6) is 0 Å². The molecule has 2 rings (SSSR count). The van der Waals surface area contributed by atoms with Gasteiger partial charge in [-0.2, -0.15) is 5.26 Å². The molecule has 0 aliphatic carbocycles. The molecule has 0 amide bonds. The quantitative estimate of drug-likeness (QED) is 0.605. The summed E-state index contributed by atoms with van der Waals surface area (Å²) in [4.78, 5) is 12.1. The molecule has 0 bridgehead atoms. The van der Waals surface area contributed by atoms with Gasteiger partial charge in [0.05, 0.1) is 11.6 Å². The summed E-state index contributed by atoms with van der Waals surface area (Å²) in [5.41, 5.74) is 3.30. The molecule has 2 heteroatoms. The van der Waals surface area contributed by atoms with E-state index in [0.717, 1.165) is 5.56 Å². The van der Waals surface area contributed by atoms with Gasteiger partial charge in [0.15, 0.2) is 5.78 Å². The van der Waals surface area contributed by atoms with Crippen molar-refractivity contribution < 1.29 is 4.79 Å². The molecule has 0 aliphatic heterocycles. The van der Waals surface area contributed by atoms with Gasteiger partial charge in [0.25, 0.3) is 0 Å². The lowest BCUT2D eigenvalue weighted by molar-refractivity contribution is 0.104. The van der Waals surface area contributed by atoms with Gasteiger partial charge in [-0.1, -0.05) is 56.3 Å². The predicted octanol–water partition coefficient (Wildman–Crippen LogP) is 4.58. The van der Waals surface area contributed by atoms with Crippen LogP contribution in [0, 0.1) is 11.3 Å². The molecule has 0 spiro atoms. The maximum atomic E-state index is 12.1. The SMILES string of the molecule is CC(C)c1ccc(/C=C/C(=O)c2cccc(C#N)c2)cc1. The van der Waals surface area contributed by atoms with E-state index < -0.39 is 0 Å². The largest absolute Gasteiger partial charge is 0.289 e. The van der Waals surface area contributed by atoms with Crippen LogP contribution in [0.15, 0.2) is 54.6 Å². The Morgan fingerprint density at radius 3 is 2.48 bits per heavy atom. The number of nitriles is 1. The van der Waals surface area contributed by atoms with Crippen molar-refractivity contribution in [2.24, 2.45) is 0 Å². The molecule has 0 N–H and O–H groups in total. The van der Waals surface area contributed by atoms with Crippen LogP contribution in [0.25, 0.3) is 6.08 Å². The Morgan fingerprint density at radius 1 is 1.14 bits per heavy atom. The van der Waals surface area contributed by atoms with Crippen molar-refractivity contribution in [3.05, 3.63) is 76.9 Å². The van der Waals surface area contributed by atoms with Gasteiger partial charge in [-0.15, -0.1) is 0 Å². The third-order valence-electron chi connectivity index (χ3n) is 3.31. The molecule has 0 unspecified atom stereocenters. The monoisotopic (exact) mass is 275 g/mol. The minimum absolute atomic E-state index is 0.0972. The zero-order valence-electron chi connectivity index (χ0n) is 12.2. The zero-order valence-corrected chi connectivity index (χ0v) is 12.2. The van der Waals surface area contributed by atoms with E-state index in [4.69, 9.17) is 5.26 Å². The number of nitrogens with zero attached hydrogens (tertiary/aromatic N) is 1. The van der Waals surface area contributed by atoms with Crippen LogP contribution in [0.1, 0.15) is 46.8 Å². The molecule has 0 aliphatic rings. The molecular weight excluding hydrogens is 258 g/mol. The highest BCUT2D eigenvalue weighted by Crippen LogP contribution is 2.15. The van der Waals surface area contributed by atoms with E-state index in [1.54, 1.807) is 36.4 Å². The first kappa shape index (κ1) is 14.7. The lowest BCUT2D eigenvalue weighted by Gasteiger charge is -2.04. The number of carbonyl (C=O) groups excluding carboxylic acids is 1. The molecule has 21 heavy (non-hydrogen) atoms. The number of rotatable bonds is 4. The summed E-state index contributed by atoms with van der Waals surface area (Å²) in [5.74, 6) is 0.401. The Kier molecular flexibility index (Phi) is 4.68. The molecule has 0 saturated heterocycles. The maximum absolute atomic E-state index is 12.1. The molecule has 0 aromatic heterocycles. The summed E-state index contributed by atoms with van der Waals surface area (Å²) >= 11 is 0. The number of ketones is 1. The third kappa shape index (κ3) is 3.90. The molecule has 2 nitrogen and oxygen atoms in total. The summed E-state index contributed by atoms with van der Waals surface area (Å²) in [7, 11) is 0. The minimum Gasteiger partial charge on any atom is -0.289 e. The number of carbonyl (C=O) groups is 1. The van der Waals surface area contributed by atoms with Gasteiger partial charge in [0.1, 0.15) is 0 Å². The lowest BCUT2D eigenvalue weighted by atomic mass is 10.0. The highest BCUT2D eigenvalue weighted by atomic mass is 16.1. The van der Waals surface area contributed by atoms with Gasteiger partial charge < -0.3 is 0 Å². The number of benzene rings is 2. The molecule has 0 fully saturated rings. The van der Waals surface area contributed by atoms with E-state index in [9.17, 15) is 4.79 Å². The van der Waals surface area contributed by atoms with E-state index in [1.165, 1.54) is 5.56 Å². The Morgan fingerprint density at radius 2 is 1.86 bits per heavy atom. The molecule has 2 aromatic rings. The first-order chi connectivity index (χ1) is 10.1. The normalized spacial score (nSPS) is 10.8. The highest BCUT2D eigenvalue weighted by Gasteiger charge is 2.03. The number of hydrogen-bond donors (Lipinski definition) is 0. The standard InChI is InChI=1S/C19H17NO/c1-14(2)17-9-6-15(7-10-17)8-11-19(21)18-5-3-4-16(12-18)13-20/h3-12,14H,1-2H3/b11-8+. The van der Waals surface area contributed by atoms with Gasteiger partial charge in [0.2, 0.25) is 0 Å². The molecule has 0 saturated carbocycles. The summed E-state index contributed by atoms with van der Waals surface area (Å²) in [6, 6.07) is 16.9. The fourth-order valence-electron chi connectivity index (χ4n) is 2.00. The molecule has 0 heterocycles. The van der Waals surface area contributed by atoms with E-state index in [0.29, 0.717) is 17.0 Å². The minimum atomic E-state index is -0.0972. The van der Waals surface area contributed by atoms with Gasteiger partial charge >= 0.3 is 0 Å². The second-order valence-electron chi connectivity index (χ2n) is 5.21. The van der Waals surface area contributed by atoms with E-state index in [1.807, 2.05) is 18.2 Å².